The van der Waals surface area contributed by atoms with Crippen LogP contribution in [-0.2, 0) is 0 Å². The second kappa shape index (κ2) is 5.68. The topological polar surface area (TPSA) is 35.8 Å². The molecule has 19 heavy (non-hydrogen) atoms. The number of hydrogen-bond donors (Lipinski definition) is 1. The summed E-state index contributed by atoms with van der Waals surface area (Å²) in [7, 11) is 0. The monoisotopic (exact) mass is 386 g/mol. The fourth-order valence-corrected chi connectivity index (χ4v) is 2.18. The van der Waals surface area contributed by atoms with Gasteiger partial charge in [0, 0.05) is 8.95 Å². The largest absolute Gasteiger partial charge is 0.352 e. The van der Waals surface area contributed by atoms with Gasteiger partial charge in [0.05, 0.1) is 16.9 Å². The molecule has 0 unspecified atom stereocenters. The van der Waals surface area contributed by atoms with Crippen molar-refractivity contribution >= 4 is 43.2 Å². The van der Waals surface area contributed by atoms with Gasteiger partial charge in [-0.25, -0.2) is 8.78 Å². The Morgan fingerprint density at radius 1 is 1.00 bits per heavy atom. The summed E-state index contributed by atoms with van der Waals surface area (Å²) < 4.78 is 28.7. The first-order chi connectivity index (χ1) is 9.02. The maximum atomic E-state index is 13.8. The van der Waals surface area contributed by atoms with E-state index >= 15 is 0 Å². The standard InChI is InChI=1S/C13H6Br2F2N2/c14-8-2-3-9(15)11(5-8)19-10-4-1-7(6-18)12(16)13(10)17/h1-5,19H. The Bertz CT molecular complexity index is 681. The molecule has 1 N–H and O–H groups in total. The minimum atomic E-state index is -1.15. The number of nitrogens with zero attached hydrogens (tertiary/aromatic N) is 1. The highest BCUT2D eigenvalue weighted by Gasteiger charge is 2.14. The molecule has 0 bridgehead atoms. The minimum absolute atomic E-state index is 0.0321. The van der Waals surface area contributed by atoms with Crippen molar-refractivity contribution in [3.05, 3.63) is 56.5 Å². The Morgan fingerprint density at radius 2 is 1.74 bits per heavy atom. The number of rotatable bonds is 2. The second-order valence-corrected chi connectivity index (χ2v) is 5.42. The van der Waals surface area contributed by atoms with E-state index < -0.39 is 11.6 Å². The van der Waals surface area contributed by atoms with E-state index in [1.54, 1.807) is 18.2 Å². The van der Waals surface area contributed by atoms with Gasteiger partial charge in [-0.15, -0.1) is 0 Å². The molecule has 0 spiro atoms. The molecular formula is C13H6Br2F2N2. The van der Waals surface area contributed by atoms with Crippen LogP contribution in [0.4, 0.5) is 20.2 Å². The molecule has 0 aromatic heterocycles. The average molecular weight is 388 g/mol. The lowest BCUT2D eigenvalue weighted by molar-refractivity contribution is 0.509. The van der Waals surface area contributed by atoms with Crippen molar-refractivity contribution < 1.29 is 8.78 Å². The highest BCUT2D eigenvalue weighted by Crippen LogP contribution is 2.31. The van der Waals surface area contributed by atoms with Crippen LogP contribution in [0.2, 0.25) is 0 Å². The predicted molar refractivity (Wildman–Crippen MR) is 76.2 cm³/mol. The number of benzene rings is 2. The van der Waals surface area contributed by atoms with Crippen LogP contribution in [0.25, 0.3) is 0 Å². The highest BCUT2D eigenvalue weighted by molar-refractivity contribution is 9.11. The molecule has 0 aliphatic carbocycles. The van der Waals surface area contributed by atoms with E-state index in [0.717, 1.165) is 4.47 Å². The van der Waals surface area contributed by atoms with Gasteiger partial charge in [-0.2, -0.15) is 5.26 Å². The molecule has 0 aliphatic heterocycles. The van der Waals surface area contributed by atoms with E-state index in [-0.39, 0.29) is 11.3 Å². The van der Waals surface area contributed by atoms with Crippen molar-refractivity contribution in [2.24, 2.45) is 0 Å². The van der Waals surface area contributed by atoms with E-state index in [0.29, 0.717) is 10.2 Å². The summed E-state index contributed by atoms with van der Waals surface area (Å²) in [5.41, 5.74) is 0.226. The van der Waals surface area contributed by atoms with E-state index in [2.05, 4.69) is 37.2 Å². The Morgan fingerprint density at radius 3 is 2.42 bits per heavy atom. The Hall–Kier alpha value is -1.45. The molecule has 0 aliphatic rings. The van der Waals surface area contributed by atoms with Crippen molar-refractivity contribution in [3.8, 4) is 6.07 Å². The van der Waals surface area contributed by atoms with Crippen molar-refractivity contribution in [2.45, 2.75) is 0 Å². The third-order valence-electron chi connectivity index (χ3n) is 2.40. The molecule has 0 atom stereocenters. The lowest BCUT2D eigenvalue weighted by Crippen LogP contribution is -1.99. The molecule has 2 aromatic rings. The van der Waals surface area contributed by atoms with Gasteiger partial charge in [-0.3, -0.25) is 0 Å². The highest BCUT2D eigenvalue weighted by atomic mass is 79.9. The van der Waals surface area contributed by atoms with Gasteiger partial charge in [0.25, 0.3) is 0 Å². The molecule has 0 fully saturated rings. The Kier molecular flexibility index (Phi) is 4.17. The first kappa shape index (κ1) is 14.0. The van der Waals surface area contributed by atoms with Crippen molar-refractivity contribution in [1.29, 1.82) is 5.26 Å². The van der Waals surface area contributed by atoms with Gasteiger partial charge < -0.3 is 5.32 Å². The van der Waals surface area contributed by atoms with Crippen molar-refractivity contribution in [1.82, 2.24) is 0 Å². The second-order valence-electron chi connectivity index (χ2n) is 3.65. The third kappa shape index (κ3) is 2.94. The van der Waals surface area contributed by atoms with Crippen LogP contribution in [0.1, 0.15) is 5.56 Å². The number of hydrogen-bond acceptors (Lipinski definition) is 2. The Labute approximate surface area is 125 Å². The van der Waals surface area contributed by atoms with Crippen LogP contribution in [-0.4, -0.2) is 0 Å². The van der Waals surface area contributed by atoms with Gasteiger partial charge in [-0.1, -0.05) is 15.9 Å². The lowest BCUT2D eigenvalue weighted by atomic mass is 10.2. The molecule has 0 heterocycles. The molecule has 2 rings (SSSR count). The lowest BCUT2D eigenvalue weighted by Gasteiger charge is -2.10. The summed E-state index contributed by atoms with van der Waals surface area (Å²) in [6.07, 6.45) is 0. The van der Waals surface area contributed by atoms with Crippen LogP contribution >= 0.6 is 31.9 Å². The van der Waals surface area contributed by atoms with E-state index in [1.165, 1.54) is 12.1 Å². The maximum absolute atomic E-state index is 13.8. The van der Waals surface area contributed by atoms with Crippen LogP contribution in [0.15, 0.2) is 39.3 Å². The van der Waals surface area contributed by atoms with Gasteiger partial charge in [0.1, 0.15) is 6.07 Å². The van der Waals surface area contributed by atoms with Crippen LogP contribution in [0, 0.1) is 23.0 Å². The van der Waals surface area contributed by atoms with Crippen LogP contribution in [0.5, 0.6) is 0 Å². The molecule has 2 nitrogen and oxygen atoms in total. The van der Waals surface area contributed by atoms with Crippen molar-refractivity contribution in [2.75, 3.05) is 5.32 Å². The number of anilines is 2. The zero-order valence-electron chi connectivity index (χ0n) is 9.35. The molecule has 0 saturated heterocycles. The van der Waals surface area contributed by atoms with Gasteiger partial charge in [0.2, 0.25) is 0 Å². The quantitative estimate of drug-likeness (QED) is 0.777. The van der Waals surface area contributed by atoms with Crippen molar-refractivity contribution in [3.63, 3.8) is 0 Å². The summed E-state index contributed by atoms with van der Waals surface area (Å²) in [4.78, 5) is 0. The van der Waals surface area contributed by atoms with Crippen LogP contribution < -0.4 is 5.32 Å². The van der Waals surface area contributed by atoms with E-state index in [9.17, 15) is 8.78 Å². The molecule has 0 radical (unpaired) electrons. The normalized spacial score (nSPS) is 10.1. The average Bonchev–Trinajstić information content (AvgIpc) is 2.39. The Balaban J connectivity index is 2.42. The first-order valence-electron chi connectivity index (χ1n) is 5.13. The first-order valence-corrected chi connectivity index (χ1v) is 6.71. The smallest absolute Gasteiger partial charge is 0.183 e. The summed E-state index contributed by atoms with van der Waals surface area (Å²) in [6, 6.07) is 9.44. The summed E-state index contributed by atoms with van der Waals surface area (Å²) in [5, 5.41) is 11.4. The number of halogens is 4. The minimum Gasteiger partial charge on any atom is -0.352 e. The molecule has 2 aromatic carbocycles. The number of nitrogens with one attached hydrogen (secondary N) is 1. The molecule has 96 valence electrons. The maximum Gasteiger partial charge on any atom is 0.183 e. The fraction of sp³-hybridized carbons (Fsp3) is 0. The summed E-state index contributed by atoms with van der Waals surface area (Å²) in [5.74, 6) is -2.23. The fourth-order valence-electron chi connectivity index (χ4n) is 1.47. The number of nitriles is 1. The van der Waals surface area contributed by atoms with Gasteiger partial charge in [0.15, 0.2) is 11.6 Å². The zero-order chi connectivity index (χ0) is 14.0. The van der Waals surface area contributed by atoms with Crippen LogP contribution in [0.3, 0.4) is 0 Å². The molecule has 0 saturated carbocycles. The van der Waals surface area contributed by atoms with E-state index in [4.69, 9.17) is 5.26 Å². The molecule has 0 amide bonds. The SMILES string of the molecule is N#Cc1ccc(Nc2cc(Br)ccc2Br)c(F)c1F. The summed E-state index contributed by atoms with van der Waals surface area (Å²) >= 11 is 6.60. The summed E-state index contributed by atoms with van der Waals surface area (Å²) in [6.45, 7) is 0. The van der Waals surface area contributed by atoms with E-state index in [1.807, 2.05) is 6.07 Å². The zero-order valence-corrected chi connectivity index (χ0v) is 12.5. The molecule has 6 heteroatoms. The molecular weight excluding hydrogens is 382 g/mol. The predicted octanol–water partition coefficient (Wildman–Crippen LogP) is 5.11. The van der Waals surface area contributed by atoms with Gasteiger partial charge >= 0.3 is 0 Å². The third-order valence-corrected chi connectivity index (χ3v) is 3.59. The van der Waals surface area contributed by atoms with Gasteiger partial charge in [-0.05, 0) is 46.3 Å².